The number of piperidine rings is 1. The molecule has 0 radical (unpaired) electrons. The van der Waals surface area contributed by atoms with Gasteiger partial charge in [0.2, 0.25) is 5.91 Å². The van der Waals surface area contributed by atoms with Gasteiger partial charge in [0.1, 0.15) is 5.60 Å². The van der Waals surface area contributed by atoms with E-state index in [9.17, 15) is 9.59 Å². The number of nitrogens with zero attached hydrogens (tertiary/aromatic N) is 2. The lowest BCUT2D eigenvalue weighted by Gasteiger charge is -2.25. The van der Waals surface area contributed by atoms with Crippen LogP contribution in [-0.4, -0.2) is 47.1 Å². The standard InChI is InChI=1S/C20H27N3O3/c1-20(2,3)26-19(25)23-12-16-15(17(16)13-23)8-10-22-18(24)7-6-14-5-4-9-21-11-14/h4-7,9,11,15-17H,8,10,12-13H2,1-3H3,(H,22,24)/b7-6+/t15?,16-,17+. The molecule has 1 aliphatic heterocycles. The van der Waals surface area contributed by atoms with Crippen molar-refractivity contribution < 1.29 is 14.3 Å². The normalized spacial score (nSPS) is 24.4. The van der Waals surface area contributed by atoms with E-state index in [1.807, 2.05) is 37.8 Å². The molecule has 1 saturated heterocycles. The first-order valence-electron chi connectivity index (χ1n) is 9.17. The number of carbonyl (C=O) groups excluding carboxylic acids is 2. The molecule has 0 bridgehead atoms. The Morgan fingerprint density at radius 3 is 2.69 bits per heavy atom. The quantitative estimate of drug-likeness (QED) is 0.823. The van der Waals surface area contributed by atoms with Crippen LogP contribution in [0, 0.1) is 17.8 Å². The molecule has 6 nitrogen and oxygen atoms in total. The second-order valence-electron chi connectivity index (χ2n) is 8.08. The van der Waals surface area contributed by atoms with E-state index in [0.717, 1.165) is 25.1 Å². The van der Waals surface area contributed by atoms with Gasteiger partial charge in [-0.1, -0.05) is 6.07 Å². The summed E-state index contributed by atoms with van der Waals surface area (Å²) in [5, 5.41) is 2.93. The zero-order chi connectivity index (χ0) is 18.7. The third kappa shape index (κ3) is 4.84. The highest BCUT2D eigenvalue weighted by Gasteiger charge is 2.56. The van der Waals surface area contributed by atoms with Crippen LogP contribution >= 0.6 is 0 Å². The summed E-state index contributed by atoms with van der Waals surface area (Å²) in [6.45, 7) is 7.88. The Bertz CT molecular complexity index is 669. The number of likely N-dealkylation sites (tertiary alicyclic amines) is 1. The van der Waals surface area contributed by atoms with E-state index < -0.39 is 5.60 Å². The fourth-order valence-corrected chi connectivity index (χ4v) is 3.62. The average Bonchev–Trinajstić information content (AvgIpc) is 3.02. The highest BCUT2D eigenvalue weighted by molar-refractivity contribution is 5.91. The number of ether oxygens (including phenoxy) is 1. The molecule has 2 aliphatic rings. The maximum Gasteiger partial charge on any atom is 0.410 e. The van der Waals surface area contributed by atoms with Crippen molar-refractivity contribution in [1.29, 1.82) is 0 Å². The molecule has 0 aromatic carbocycles. The fourth-order valence-electron chi connectivity index (χ4n) is 3.62. The van der Waals surface area contributed by atoms with E-state index in [4.69, 9.17) is 4.74 Å². The number of rotatable bonds is 5. The molecule has 26 heavy (non-hydrogen) atoms. The minimum atomic E-state index is -0.448. The van der Waals surface area contributed by atoms with Gasteiger partial charge in [0, 0.05) is 38.1 Å². The van der Waals surface area contributed by atoms with Gasteiger partial charge in [-0.3, -0.25) is 9.78 Å². The Kier molecular flexibility index (Phi) is 5.30. The summed E-state index contributed by atoms with van der Waals surface area (Å²) < 4.78 is 5.42. The van der Waals surface area contributed by atoms with E-state index >= 15 is 0 Å². The molecule has 0 spiro atoms. The smallest absolute Gasteiger partial charge is 0.410 e. The fraction of sp³-hybridized carbons (Fsp3) is 0.550. The first-order chi connectivity index (χ1) is 12.3. The Morgan fingerprint density at radius 2 is 2.08 bits per heavy atom. The largest absolute Gasteiger partial charge is 0.444 e. The minimum Gasteiger partial charge on any atom is -0.444 e. The van der Waals surface area contributed by atoms with Gasteiger partial charge < -0.3 is 15.0 Å². The molecule has 6 heteroatoms. The number of nitrogens with one attached hydrogen (secondary N) is 1. The summed E-state index contributed by atoms with van der Waals surface area (Å²) in [6, 6.07) is 3.74. The summed E-state index contributed by atoms with van der Waals surface area (Å²) in [7, 11) is 0. The topological polar surface area (TPSA) is 71.5 Å². The molecule has 140 valence electrons. The number of carbonyl (C=O) groups is 2. The van der Waals surface area contributed by atoms with Crippen LogP contribution < -0.4 is 5.32 Å². The van der Waals surface area contributed by atoms with Crippen molar-refractivity contribution in [3.05, 3.63) is 36.2 Å². The van der Waals surface area contributed by atoms with Gasteiger partial charge >= 0.3 is 6.09 Å². The number of pyridine rings is 1. The maximum atomic E-state index is 12.1. The number of amides is 2. The average molecular weight is 357 g/mol. The number of fused-ring (bicyclic) bond motifs is 1. The van der Waals surface area contributed by atoms with Gasteiger partial charge in [-0.25, -0.2) is 4.79 Å². The predicted molar refractivity (Wildman–Crippen MR) is 99.2 cm³/mol. The van der Waals surface area contributed by atoms with Crippen molar-refractivity contribution in [3.8, 4) is 0 Å². The predicted octanol–water partition coefficient (Wildman–Crippen LogP) is 2.71. The minimum absolute atomic E-state index is 0.0879. The molecule has 3 rings (SSSR count). The number of aromatic nitrogens is 1. The Hall–Kier alpha value is -2.37. The van der Waals surface area contributed by atoms with Crippen molar-refractivity contribution in [2.45, 2.75) is 32.8 Å². The SMILES string of the molecule is CC(C)(C)OC(=O)N1C[C@@H]2C(CCNC(=O)/C=C/c3cccnc3)[C@@H]2C1. The zero-order valence-corrected chi connectivity index (χ0v) is 15.6. The van der Waals surface area contributed by atoms with Crippen LogP contribution in [0.25, 0.3) is 6.08 Å². The Labute approximate surface area is 154 Å². The lowest BCUT2D eigenvalue weighted by atomic mass is 10.2. The van der Waals surface area contributed by atoms with E-state index in [1.54, 1.807) is 18.5 Å². The lowest BCUT2D eigenvalue weighted by Crippen LogP contribution is -2.37. The second-order valence-corrected chi connectivity index (χ2v) is 8.08. The van der Waals surface area contributed by atoms with Gasteiger partial charge in [-0.05, 0) is 62.7 Å². The van der Waals surface area contributed by atoms with Crippen LogP contribution in [0.5, 0.6) is 0 Å². The van der Waals surface area contributed by atoms with Crippen LogP contribution in [0.3, 0.4) is 0 Å². The van der Waals surface area contributed by atoms with Crippen molar-refractivity contribution >= 4 is 18.1 Å². The van der Waals surface area contributed by atoms with Crippen LogP contribution in [-0.2, 0) is 9.53 Å². The molecule has 1 unspecified atom stereocenters. The lowest BCUT2D eigenvalue weighted by molar-refractivity contribution is -0.116. The molecular formula is C20H27N3O3. The molecule has 1 N–H and O–H groups in total. The summed E-state index contributed by atoms with van der Waals surface area (Å²) in [4.78, 5) is 29.7. The molecule has 1 aromatic heterocycles. The Balaban J connectivity index is 1.33. The van der Waals surface area contributed by atoms with Crippen LogP contribution in [0.4, 0.5) is 4.79 Å². The number of hydrogen-bond donors (Lipinski definition) is 1. The highest BCUT2D eigenvalue weighted by atomic mass is 16.6. The Morgan fingerprint density at radius 1 is 1.35 bits per heavy atom. The van der Waals surface area contributed by atoms with E-state index in [2.05, 4.69) is 10.3 Å². The van der Waals surface area contributed by atoms with Crippen molar-refractivity contribution in [1.82, 2.24) is 15.2 Å². The third-order valence-electron chi connectivity index (χ3n) is 4.91. The zero-order valence-electron chi connectivity index (χ0n) is 15.6. The van der Waals surface area contributed by atoms with E-state index in [0.29, 0.717) is 24.3 Å². The van der Waals surface area contributed by atoms with Crippen molar-refractivity contribution in [2.24, 2.45) is 17.8 Å². The van der Waals surface area contributed by atoms with E-state index in [-0.39, 0.29) is 12.0 Å². The third-order valence-corrected chi connectivity index (χ3v) is 4.91. The molecule has 2 heterocycles. The maximum absolute atomic E-state index is 12.1. The van der Waals surface area contributed by atoms with Crippen LogP contribution in [0.15, 0.2) is 30.6 Å². The summed E-state index contributed by atoms with van der Waals surface area (Å²) in [6.07, 6.45) is 7.46. The summed E-state index contributed by atoms with van der Waals surface area (Å²) >= 11 is 0. The summed E-state index contributed by atoms with van der Waals surface area (Å²) in [5.74, 6) is 1.64. The van der Waals surface area contributed by atoms with Gasteiger partial charge in [0.25, 0.3) is 0 Å². The molecule has 1 aliphatic carbocycles. The van der Waals surface area contributed by atoms with Gasteiger partial charge in [0.05, 0.1) is 0 Å². The van der Waals surface area contributed by atoms with E-state index in [1.165, 1.54) is 6.08 Å². The molecular weight excluding hydrogens is 330 g/mol. The molecule has 3 atom stereocenters. The van der Waals surface area contributed by atoms with Crippen LogP contribution in [0.1, 0.15) is 32.8 Å². The van der Waals surface area contributed by atoms with Crippen LogP contribution in [0.2, 0.25) is 0 Å². The highest BCUT2D eigenvalue weighted by Crippen LogP contribution is 2.53. The second kappa shape index (κ2) is 7.48. The molecule has 2 fully saturated rings. The van der Waals surface area contributed by atoms with Crippen molar-refractivity contribution in [2.75, 3.05) is 19.6 Å². The van der Waals surface area contributed by atoms with Gasteiger partial charge in [-0.2, -0.15) is 0 Å². The van der Waals surface area contributed by atoms with Crippen molar-refractivity contribution in [3.63, 3.8) is 0 Å². The molecule has 1 aromatic rings. The first kappa shape index (κ1) is 18.4. The number of hydrogen-bond acceptors (Lipinski definition) is 4. The van der Waals surface area contributed by atoms with Gasteiger partial charge in [-0.15, -0.1) is 0 Å². The molecule has 2 amide bonds. The summed E-state index contributed by atoms with van der Waals surface area (Å²) in [5.41, 5.74) is 0.457. The first-order valence-corrected chi connectivity index (χ1v) is 9.17. The molecule has 1 saturated carbocycles. The van der Waals surface area contributed by atoms with Gasteiger partial charge in [0.15, 0.2) is 0 Å². The monoisotopic (exact) mass is 357 g/mol.